The zero-order valence-corrected chi connectivity index (χ0v) is 8.69. The van der Waals surface area contributed by atoms with Crippen molar-refractivity contribution in [3.63, 3.8) is 0 Å². The van der Waals surface area contributed by atoms with Gasteiger partial charge in [-0.1, -0.05) is 20.8 Å². The number of hydrogen-bond donors (Lipinski definition) is 0. The number of rotatable bonds is 0. The Morgan fingerprint density at radius 3 is 1.25 bits per heavy atom. The highest BCUT2D eigenvalue weighted by Crippen LogP contribution is 2.59. The minimum atomic E-state index is -0.528. The zero-order chi connectivity index (χ0) is 7.00. The molecule has 0 rings (SSSR count). The highest BCUT2D eigenvalue weighted by atomic mass is 79.9. The second kappa shape index (κ2) is 2.22. The van der Waals surface area contributed by atoms with Crippen molar-refractivity contribution in [3.8, 4) is 0 Å². The van der Waals surface area contributed by atoms with Crippen LogP contribution in [0.1, 0.15) is 20.8 Å². The van der Waals surface area contributed by atoms with Crippen molar-refractivity contribution in [1.82, 2.24) is 0 Å². The van der Waals surface area contributed by atoms with Crippen LogP contribution in [0.5, 0.6) is 0 Å². The molecule has 0 unspecified atom stereocenters. The molecule has 0 spiro atoms. The first kappa shape index (κ1) is 8.83. The number of halogens is 1. The highest BCUT2D eigenvalue weighted by Gasteiger charge is 2.24. The van der Waals surface area contributed by atoms with Gasteiger partial charge in [-0.2, -0.15) is 8.46 Å². The third kappa shape index (κ3) is 2.40. The monoisotopic (exact) mass is 198 g/mol. The second-order valence-electron chi connectivity index (χ2n) is 3.31. The second-order valence-corrected chi connectivity index (χ2v) is 11.8. The predicted octanol–water partition coefficient (Wildman–Crippen LogP) is 3.16. The summed E-state index contributed by atoms with van der Waals surface area (Å²) >= 11 is 3.68. The molecule has 0 aliphatic rings. The van der Waals surface area contributed by atoms with Crippen molar-refractivity contribution in [2.75, 3.05) is 12.5 Å². The van der Waals surface area contributed by atoms with Crippen LogP contribution in [0.3, 0.4) is 0 Å². The van der Waals surface area contributed by atoms with Crippen LogP contribution in [-0.2, 0) is 0 Å². The fraction of sp³-hybridized carbons (Fsp3) is 1.00. The van der Waals surface area contributed by atoms with Crippen molar-refractivity contribution in [1.29, 1.82) is 0 Å². The van der Waals surface area contributed by atoms with E-state index < -0.39 is 8.46 Å². The molecule has 0 aliphatic carbocycles. The van der Waals surface area contributed by atoms with Crippen molar-refractivity contribution in [3.05, 3.63) is 0 Å². The summed E-state index contributed by atoms with van der Waals surface area (Å²) in [6.07, 6.45) is 4.54. The van der Waals surface area contributed by atoms with Crippen LogP contribution < -0.4 is 0 Å². The van der Waals surface area contributed by atoms with E-state index in [0.717, 1.165) is 0 Å². The fourth-order valence-corrected chi connectivity index (χ4v) is 0. The van der Waals surface area contributed by atoms with Crippen LogP contribution in [0.15, 0.2) is 0 Å². The minimum Gasteiger partial charge on any atom is -0.184 e. The molecule has 0 aromatic carbocycles. The van der Waals surface area contributed by atoms with Crippen molar-refractivity contribution in [2.24, 2.45) is 0 Å². The highest BCUT2D eigenvalue weighted by molar-refractivity contribution is 9.58. The van der Waals surface area contributed by atoms with Gasteiger partial charge in [0.05, 0.1) is 0 Å². The molecular formula is C6H15BrS. The van der Waals surface area contributed by atoms with E-state index in [9.17, 15) is 0 Å². The molecule has 0 heterocycles. The van der Waals surface area contributed by atoms with E-state index in [1.54, 1.807) is 0 Å². The maximum atomic E-state index is 3.68. The van der Waals surface area contributed by atoms with Crippen molar-refractivity contribution < 1.29 is 0 Å². The van der Waals surface area contributed by atoms with Gasteiger partial charge in [0.1, 0.15) is 0 Å². The maximum Gasteiger partial charge on any atom is 0.000165 e. The van der Waals surface area contributed by atoms with Crippen molar-refractivity contribution in [2.45, 2.75) is 25.5 Å². The normalized spacial score (nSPS) is 16.2. The first-order valence-corrected chi connectivity index (χ1v) is 6.97. The summed E-state index contributed by atoms with van der Waals surface area (Å²) in [4.78, 5) is 0. The summed E-state index contributed by atoms with van der Waals surface area (Å²) in [5.74, 6) is 0. The van der Waals surface area contributed by atoms with Gasteiger partial charge in [-0.15, -0.1) is 0 Å². The lowest BCUT2D eigenvalue weighted by Crippen LogP contribution is -2.17. The summed E-state index contributed by atoms with van der Waals surface area (Å²) in [5.41, 5.74) is 0. The van der Waals surface area contributed by atoms with Gasteiger partial charge in [-0.25, -0.2) is 0 Å². The van der Waals surface area contributed by atoms with Crippen LogP contribution in [0, 0.1) is 0 Å². The summed E-state index contributed by atoms with van der Waals surface area (Å²) in [5, 5.41) is 0. The van der Waals surface area contributed by atoms with Gasteiger partial charge in [0.25, 0.3) is 0 Å². The smallest absolute Gasteiger partial charge is 0.000165 e. The average molecular weight is 199 g/mol. The first-order valence-electron chi connectivity index (χ1n) is 2.67. The molecule has 0 saturated heterocycles. The van der Waals surface area contributed by atoms with E-state index in [0.29, 0.717) is 4.75 Å². The lowest BCUT2D eigenvalue weighted by atomic mass is 10.3. The van der Waals surface area contributed by atoms with Crippen LogP contribution in [0.25, 0.3) is 0 Å². The molecule has 0 amide bonds. The predicted molar refractivity (Wildman–Crippen MR) is 48.1 cm³/mol. The van der Waals surface area contributed by atoms with Gasteiger partial charge in [-0.3, -0.25) is 0 Å². The Kier molecular flexibility index (Phi) is 2.45. The molecule has 0 radical (unpaired) electrons. The van der Waals surface area contributed by atoms with Crippen LogP contribution in [-0.4, -0.2) is 17.3 Å². The molecule has 0 saturated carbocycles. The molecule has 0 fully saturated rings. The number of hydrogen-bond acceptors (Lipinski definition) is 0. The minimum absolute atomic E-state index is 0.438. The van der Waals surface area contributed by atoms with E-state index in [1.165, 1.54) is 0 Å². The van der Waals surface area contributed by atoms with E-state index in [4.69, 9.17) is 0 Å². The Labute approximate surface area is 61.6 Å². The van der Waals surface area contributed by atoms with E-state index in [1.807, 2.05) is 0 Å². The molecule has 0 atom stereocenters. The summed E-state index contributed by atoms with van der Waals surface area (Å²) in [6.45, 7) is 6.78. The Balaban J connectivity index is 4.02. The van der Waals surface area contributed by atoms with Gasteiger partial charge in [0.15, 0.2) is 0 Å². The maximum absolute atomic E-state index is 3.68. The van der Waals surface area contributed by atoms with Crippen LogP contribution in [0.2, 0.25) is 0 Å². The van der Waals surface area contributed by atoms with Crippen LogP contribution >= 0.6 is 23.3 Å². The van der Waals surface area contributed by atoms with Gasteiger partial charge in [0.2, 0.25) is 0 Å². The summed E-state index contributed by atoms with van der Waals surface area (Å²) in [6, 6.07) is 0. The molecule has 0 nitrogen and oxygen atoms in total. The Hall–Kier alpha value is 0.830. The molecule has 8 heavy (non-hydrogen) atoms. The van der Waals surface area contributed by atoms with Gasteiger partial charge in [-0.05, 0) is 27.3 Å². The zero-order valence-electron chi connectivity index (χ0n) is 6.29. The molecule has 0 bridgehead atoms. The summed E-state index contributed by atoms with van der Waals surface area (Å²) < 4.78 is 0.438. The first-order chi connectivity index (χ1) is 3.25. The molecule has 52 valence electrons. The third-order valence-corrected chi connectivity index (χ3v) is 7.28. The largest absolute Gasteiger partial charge is 0.184 e. The topological polar surface area (TPSA) is 0 Å². The molecule has 0 aliphatic heterocycles. The summed E-state index contributed by atoms with van der Waals surface area (Å²) in [7, 11) is -0.528. The Bertz CT molecular complexity index is 63.5. The molecule has 0 aromatic rings. The molecular weight excluding hydrogens is 184 g/mol. The third-order valence-electron chi connectivity index (χ3n) is 1.46. The lowest BCUT2D eigenvalue weighted by Gasteiger charge is -2.38. The fourth-order valence-electron chi connectivity index (χ4n) is 0. The lowest BCUT2D eigenvalue weighted by molar-refractivity contribution is 0.797. The van der Waals surface area contributed by atoms with Crippen LogP contribution in [0.4, 0.5) is 0 Å². The molecule has 0 N–H and O–H groups in total. The van der Waals surface area contributed by atoms with Crippen molar-refractivity contribution >= 4 is 23.3 Å². The van der Waals surface area contributed by atoms with E-state index in [2.05, 4.69) is 48.1 Å². The van der Waals surface area contributed by atoms with Gasteiger partial charge in [0, 0.05) is 4.75 Å². The molecule has 2 heteroatoms. The molecule has 0 aromatic heterocycles. The average Bonchev–Trinajstić information content (AvgIpc) is 1.25. The Morgan fingerprint density at radius 1 is 1.12 bits per heavy atom. The van der Waals surface area contributed by atoms with Gasteiger partial charge < -0.3 is 0 Å². The van der Waals surface area contributed by atoms with Gasteiger partial charge >= 0.3 is 0 Å². The SMILES string of the molecule is CC(C)(C)S(C)(C)Br. The van der Waals surface area contributed by atoms with E-state index >= 15 is 0 Å². The van der Waals surface area contributed by atoms with E-state index in [-0.39, 0.29) is 0 Å². The quantitative estimate of drug-likeness (QED) is 0.562. The Morgan fingerprint density at radius 2 is 1.25 bits per heavy atom. The standard InChI is InChI=1S/C6H15BrS/c1-6(2,3)8(4,5)7/h1-5H3.